The van der Waals surface area contributed by atoms with E-state index in [-0.39, 0.29) is 24.1 Å². The predicted octanol–water partition coefficient (Wildman–Crippen LogP) is 1.70. The average Bonchev–Trinajstić information content (AvgIpc) is 3.00. The summed E-state index contributed by atoms with van der Waals surface area (Å²) in [6.45, 7) is 0. The number of carbonyl (C=O) groups excluding carboxylic acids is 2. The molecule has 1 amide bonds. The van der Waals surface area contributed by atoms with E-state index in [4.69, 9.17) is 4.42 Å². The van der Waals surface area contributed by atoms with Crippen LogP contribution in [-0.4, -0.2) is 24.0 Å². The van der Waals surface area contributed by atoms with Gasteiger partial charge in [-0.2, -0.15) is 0 Å². The molecule has 0 aliphatic rings. The molecule has 0 radical (unpaired) electrons. The van der Waals surface area contributed by atoms with E-state index in [1.54, 1.807) is 17.5 Å². The lowest BCUT2D eigenvalue weighted by atomic mass is 10.3. The van der Waals surface area contributed by atoms with Crippen LogP contribution in [0.5, 0.6) is 0 Å². The third-order valence-electron chi connectivity index (χ3n) is 2.07. The number of rotatable bonds is 4. The molecule has 0 aliphatic carbocycles. The van der Waals surface area contributed by atoms with Crippen LogP contribution < -0.4 is 5.32 Å². The number of esters is 1. The molecule has 2 aromatic rings. The highest BCUT2D eigenvalue weighted by atomic mass is 32.1. The summed E-state index contributed by atoms with van der Waals surface area (Å²) in [5.41, 5.74) is 0.557. The Hall–Kier alpha value is -2.15. The lowest BCUT2D eigenvalue weighted by Gasteiger charge is -1.97. The minimum atomic E-state index is -0.376. The summed E-state index contributed by atoms with van der Waals surface area (Å²) in [7, 11) is 1.31. The molecule has 2 heterocycles. The summed E-state index contributed by atoms with van der Waals surface area (Å²) < 4.78 is 9.47. The zero-order valence-corrected chi connectivity index (χ0v) is 10.3. The number of aromatic nitrogens is 1. The monoisotopic (exact) mass is 266 g/mol. The van der Waals surface area contributed by atoms with Crippen molar-refractivity contribution in [1.29, 1.82) is 0 Å². The number of nitrogens with zero attached hydrogens (tertiary/aromatic N) is 1. The number of anilines is 1. The average molecular weight is 266 g/mol. The first-order valence-corrected chi connectivity index (χ1v) is 5.93. The number of ether oxygens (including phenoxy) is 1. The van der Waals surface area contributed by atoms with Crippen LogP contribution in [-0.2, 0) is 16.0 Å². The second-order valence-corrected chi connectivity index (χ2v) is 4.19. The Kier molecular flexibility index (Phi) is 3.73. The van der Waals surface area contributed by atoms with Crippen LogP contribution in [0, 0.1) is 0 Å². The van der Waals surface area contributed by atoms with Gasteiger partial charge in [0.15, 0.2) is 10.9 Å². The van der Waals surface area contributed by atoms with Gasteiger partial charge in [-0.3, -0.25) is 14.9 Å². The Morgan fingerprint density at radius 1 is 1.56 bits per heavy atom. The van der Waals surface area contributed by atoms with Gasteiger partial charge in [0, 0.05) is 5.38 Å². The number of nitrogens with one attached hydrogen (secondary N) is 1. The molecular formula is C11H10N2O4S. The Morgan fingerprint density at radius 2 is 2.39 bits per heavy atom. The molecule has 0 aliphatic heterocycles. The van der Waals surface area contributed by atoms with Crippen molar-refractivity contribution >= 4 is 28.3 Å². The summed E-state index contributed by atoms with van der Waals surface area (Å²) >= 11 is 1.24. The Morgan fingerprint density at radius 3 is 3.06 bits per heavy atom. The SMILES string of the molecule is COC(=O)Cc1csc(NC(=O)c2ccco2)n1. The van der Waals surface area contributed by atoms with Crippen LogP contribution in [0.15, 0.2) is 28.2 Å². The van der Waals surface area contributed by atoms with E-state index in [9.17, 15) is 9.59 Å². The van der Waals surface area contributed by atoms with Crippen molar-refractivity contribution in [2.45, 2.75) is 6.42 Å². The summed E-state index contributed by atoms with van der Waals surface area (Å²) in [5, 5.41) is 4.68. The van der Waals surface area contributed by atoms with Crippen LogP contribution in [0.2, 0.25) is 0 Å². The first kappa shape index (κ1) is 12.3. The van der Waals surface area contributed by atoms with E-state index in [0.29, 0.717) is 10.8 Å². The van der Waals surface area contributed by atoms with Crippen LogP contribution in [0.1, 0.15) is 16.2 Å². The summed E-state index contributed by atoms with van der Waals surface area (Å²) in [6, 6.07) is 3.18. The van der Waals surface area contributed by atoms with Gasteiger partial charge in [-0.15, -0.1) is 11.3 Å². The normalized spacial score (nSPS) is 10.1. The van der Waals surface area contributed by atoms with E-state index in [2.05, 4.69) is 15.0 Å². The second kappa shape index (κ2) is 5.46. The van der Waals surface area contributed by atoms with Crippen molar-refractivity contribution in [3.05, 3.63) is 35.2 Å². The van der Waals surface area contributed by atoms with Crippen LogP contribution in [0.4, 0.5) is 5.13 Å². The molecule has 0 unspecified atom stereocenters. The van der Waals surface area contributed by atoms with Crippen LogP contribution in [0.3, 0.4) is 0 Å². The number of amides is 1. The molecule has 0 bridgehead atoms. The maximum atomic E-state index is 11.6. The highest BCUT2D eigenvalue weighted by molar-refractivity contribution is 7.14. The molecule has 0 saturated heterocycles. The molecule has 0 atom stereocenters. The Balaban J connectivity index is 1.98. The van der Waals surface area contributed by atoms with E-state index >= 15 is 0 Å². The quantitative estimate of drug-likeness (QED) is 0.852. The molecule has 18 heavy (non-hydrogen) atoms. The van der Waals surface area contributed by atoms with Crippen LogP contribution >= 0.6 is 11.3 Å². The first-order valence-electron chi connectivity index (χ1n) is 5.05. The van der Waals surface area contributed by atoms with Crippen molar-refractivity contribution in [3.8, 4) is 0 Å². The zero-order chi connectivity index (χ0) is 13.0. The van der Waals surface area contributed by atoms with E-state index in [1.807, 2.05) is 0 Å². The van der Waals surface area contributed by atoms with Crippen molar-refractivity contribution < 1.29 is 18.7 Å². The maximum Gasteiger partial charge on any atom is 0.311 e. The molecule has 0 spiro atoms. The van der Waals surface area contributed by atoms with Gasteiger partial charge < -0.3 is 9.15 Å². The fraction of sp³-hybridized carbons (Fsp3) is 0.182. The minimum Gasteiger partial charge on any atom is -0.469 e. The van der Waals surface area contributed by atoms with Crippen molar-refractivity contribution in [2.75, 3.05) is 12.4 Å². The lowest BCUT2D eigenvalue weighted by Crippen LogP contribution is -2.11. The molecule has 2 aromatic heterocycles. The lowest BCUT2D eigenvalue weighted by molar-refractivity contribution is -0.139. The number of hydrogen-bond acceptors (Lipinski definition) is 6. The van der Waals surface area contributed by atoms with E-state index in [0.717, 1.165) is 0 Å². The second-order valence-electron chi connectivity index (χ2n) is 3.33. The third kappa shape index (κ3) is 2.95. The van der Waals surface area contributed by atoms with Crippen molar-refractivity contribution in [2.24, 2.45) is 0 Å². The van der Waals surface area contributed by atoms with Gasteiger partial charge in [0.1, 0.15) is 0 Å². The highest BCUT2D eigenvalue weighted by Crippen LogP contribution is 2.17. The topological polar surface area (TPSA) is 81.4 Å². The van der Waals surface area contributed by atoms with Gasteiger partial charge >= 0.3 is 5.97 Å². The number of furan rings is 1. The van der Waals surface area contributed by atoms with Gasteiger partial charge in [0.25, 0.3) is 5.91 Å². The van der Waals surface area contributed by atoms with Gasteiger partial charge in [-0.05, 0) is 12.1 Å². The Labute approximate surface area is 107 Å². The number of methoxy groups -OCH3 is 1. The molecule has 6 nitrogen and oxygen atoms in total. The van der Waals surface area contributed by atoms with Crippen LogP contribution in [0.25, 0.3) is 0 Å². The van der Waals surface area contributed by atoms with Gasteiger partial charge in [-0.1, -0.05) is 0 Å². The largest absolute Gasteiger partial charge is 0.469 e. The summed E-state index contributed by atoms with van der Waals surface area (Å²) in [5.74, 6) is -0.539. The maximum absolute atomic E-state index is 11.6. The van der Waals surface area contributed by atoms with Gasteiger partial charge in [0.2, 0.25) is 0 Å². The number of hydrogen-bond donors (Lipinski definition) is 1. The highest BCUT2D eigenvalue weighted by Gasteiger charge is 2.12. The molecule has 0 aromatic carbocycles. The molecule has 1 N–H and O–H groups in total. The zero-order valence-electron chi connectivity index (χ0n) is 9.50. The van der Waals surface area contributed by atoms with Crippen molar-refractivity contribution in [1.82, 2.24) is 4.98 Å². The fourth-order valence-electron chi connectivity index (χ4n) is 1.23. The standard InChI is InChI=1S/C11H10N2O4S/c1-16-9(14)5-7-6-18-11(12-7)13-10(15)8-3-2-4-17-8/h2-4,6H,5H2,1H3,(H,12,13,15). The molecular weight excluding hydrogens is 256 g/mol. The molecule has 2 rings (SSSR count). The third-order valence-corrected chi connectivity index (χ3v) is 2.88. The smallest absolute Gasteiger partial charge is 0.311 e. The summed E-state index contributed by atoms with van der Waals surface area (Å²) in [4.78, 5) is 26.8. The first-order chi connectivity index (χ1) is 8.69. The molecule has 7 heteroatoms. The fourth-order valence-corrected chi connectivity index (χ4v) is 1.94. The van der Waals surface area contributed by atoms with Crippen molar-refractivity contribution in [3.63, 3.8) is 0 Å². The number of thiazole rings is 1. The van der Waals surface area contributed by atoms with Gasteiger partial charge in [0.05, 0.1) is 25.5 Å². The molecule has 0 fully saturated rings. The predicted molar refractivity (Wildman–Crippen MR) is 64.5 cm³/mol. The van der Waals surface area contributed by atoms with E-state index in [1.165, 1.54) is 24.7 Å². The van der Waals surface area contributed by atoms with E-state index < -0.39 is 0 Å². The van der Waals surface area contributed by atoms with Gasteiger partial charge in [-0.25, -0.2) is 4.98 Å². The number of carbonyl (C=O) groups is 2. The molecule has 0 saturated carbocycles. The molecule has 94 valence electrons. The Bertz CT molecular complexity index is 547. The minimum absolute atomic E-state index is 0.0869. The summed E-state index contributed by atoms with van der Waals surface area (Å²) in [6.07, 6.45) is 1.50.